The summed E-state index contributed by atoms with van der Waals surface area (Å²) in [4.78, 5) is 19.2. The van der Waals surface area contributed by atoms with Crippen LogP contribution in [-0.4, -0.2) is 15.9 Å². The maximum atomic E-state index is 12.4. The van der Waals surface area contributed by atoms with Crippen LogP contribution in [0.3, 0.4) is 0 Å². The normalized spacial score (nSPS) is 11.2. The standard InChI is InChI=1S/C13H10F3N3O/c14-13(15,16)10-3-1-9(2-4-10)7-19-12(20)11-8-17-5-6-18-11/h1-6,8H,7H2,(H,19,20). The second-order valence-corrected chi connectivity index (χ2v) is 3.97. The molecule has 20 heavy (non-hydrogen) atoms. The highest BCUT2D eigenvalue weighted by Crippen LogP contribution is 2.28. The number of nitrogens with zero attached hydrogens (tertiary/aromatic N) is 2. The van der Waals surface area contributed by atoms with Gasteiger partial charge in [0.25, 0.3) is 5.91 Å². The van der Waals surface area contributed by atoms with Crippen molar-refractivity contribution in [1.29, 1.82) is 0 Å². The minimum Gasteiger partial charge on any atom is -0.347 e. The smallest absolute Gasteiger partial charge is 0.347 e. The highest BCUT2D eigenvalue weighted by atomic mass is 19.4. The molecule has 7 heteroatoms. The predicted octanol–water partition coefficient (Wildman–Crippen LogP) is 2.43. The Morgan fingerprint density at radius 1 is 1.15 bits per heavy atom. The molecule has 0 saturated carbocycles. The van der Waals surface area contributed by atoms with Crippen molar-refractivity contribution in [3.05, 3.63) is 59.7 Å². The highest BCUT2D eigenvalue weighted by molar-refractivity contribution is 5.91. The molecule has 1 aromatic carbocycles. The quantitative estimate of drug-likeness (QED) is 0.940. The van der Waals surface area contributed by atoms with Gasteiger partial charge in [0.15, 0.2) is 0 Å². The van der Waals surface area contributed by atoms with Crippen molar-refractivity contribution < 1.29 is 18.0 Å². The van der Waals surface area contributed by atoms with E-state index >= 15 is 0 Å². The van der Waals surface area contributed by atoms with Gasteiger partial charge in [0.1, 0.15) is 5.69 Å². The average molecular weight is 281 g/mol. The highest BCUT2D eigenvalue weighted by Gasteiger charge is 2.29. The second kappa shape index (κ2) is 5.68. The molecule has 104 valence electrons. The minimum atomic E-state index is -4.36. The molecule has 1 N–H and O–H groups in total. The monoisotopic (exact) mass is 281 g/mol. The number of hydrogen-bond donors (Lipinski definition) is 1. The van der Waals surface area contributed by atoms with E-state index in [0.29, 0.717) is 5.56 Å². The fourth-order valence-electron chi connectivity index (χ4n) is 1.50. The van der Waals surface area contributed by atoms with E-state index in [2.05, 4.69) is 15.3 Å². The summed E-state index contributed by atoms with van der Waals surface area (Å²) in [6.45, 7) is 0.119. The third-order valence-electron chi connectivity index (χ3n) is 2.53. The van der Waals surface area contributed by atoms with Gasteiger partial charge in [0, 0.05) is 18.9 Å². The molecule has 1 heterocycles. The number of hydrogen-bond acceptors (Lipinski definition) is 3. The van der Waals surface area contributed by atoms with E-state index in [0.717, 1.165) is 12.1 Å². The number of nitrogens with one attached hydrogen (secondary N) is 1. The van der Waals surface area contributed by atoms with Crippen LogP contribution in [0.4, 0.5) is 13.2 Å². The number of halogens is 3. The van der Waals surface area contributed by atoms with Gasteiger partial charge in [-0.2, -0.15) is 13.2 Å². The van der Waals surface area contributed by atoms with E-state index in [4.69, 9.17) is 0 Å². The third kappa shape index (κ3) is 3.53. The van der Waals surface area contributed by atoms with Crippen LogP contribution in [0.5, 0.6) is 0 Å². The molecule has 2 aromatic rings. The molecule has 1 amide bonds. The number of amides is 1. The summed E-state index contributed by atoms with van der Waals surface area (Å²) in [6, 6.07) is 4.59. The number of aromatic nitrogens is 2. The van der Waals surface area contributed by atoms with Crippen molar-refractivity contribution in [3.63, 3.8) is 0 Å². The number of benzene rings is 1. The Morgan fingerprint density at radius 3 is 2.40 bits per heavy atom. The molecule has 0 fully saturated rings. The topological polar surface area (TPSA) is 54.9 Å². The van der Waals surface area contributed by atoms with Crippen LogP contribution in [0.1, 0.15) is 21.6 Å². The van der Waals surface area contributed by atoms with Crippen LogP contribution in [-0.2, 0) is 12.7 Å². The van der Waals surface area contributed by atoms with Crippen molar-refractivity contribution in [2.45, 2.75) is 12.7 Å². The first kappa shape index (κ1) is 14.0. The molecule has 0 spiro atoms. The molecule has 0 radical (unpaired) electrons. The maximum absolute atomic E-state index is 12.4. The molecule has 0 aliphatic heterocycles. The van der Waals surface area contributed by atoms with Gasteiger partial charge in [-0.3, -0.25) is 9.78 Å². The molecule has 0 bridgehead atoms. The average Bonchev–Trinajstić information content (AvgIpc) is 2.45. The van der Waals surface area contributed by atoms with Gasteiger partial charge < -0.3 is 5.32 Å². The molecule has 0 aliphatic rings. The van der Waals surface area contributed by atoms with Crippen LogP contribution in [0.2, 0.25) is 0 Å². The van der Waals surface area contributed by atoms with E-state index in [1.165, 1.54) is 30.7 Å². The third-order valence-corrected chi connectivity index (χ3v) is 2.53. The molecule has 1 aromatic heterocycles. The zero-order valence-electron chi connectivity index (χ0n) is 10.2. The van der Waals surface area contributed by atoms with Crippen molar-refractivity contribution >= 4 is 5.91 Å². The van der Waals surface area contributed by atoms with Gasteiger partial charge in [0.2, 0.25) is 0 Å². The van der Waals surface area contributed by atoms with Crippen LogP contribution >= 0.6 is 0 Å². The van der Waals surface area contributed by atoms with Crippen LogP contribution < -0.4 is 5.32 Å². The van der Waals surface area contributed by atoms with E-state index < -0.39 is 17.6 Å². The zero-order chi connectivity index (χ0) is 14.6. The summed E-state index contributed by atoms with van der Waals surface area (Å²) in [6.07, 6.45) is -0.233. The van der Waals surface area contributed by atoms with Crippen LogP contribution in [0.15, 0.2) is 42.9 Å². The lowest BCUT2D eigenvalue weighted by molar-refractivity contribution is -0.137. The Hall–Kier alpha value is -2.44. The Bertz CT molecular complexity index is 582. The lowest BCUT2D eigenvalue weighted by Gasteiger charge is -2.08. The fourth-order valence-corrected chi connectivity index (χ4v) is 1.50. The number of carbonyl (C=O) groups is 1. The van der Waals surface area contributed by atoms with Gasteiger partial charge in [-0.05, 0) is 17.7 Å². The molecule has 0 saturated heterocycles. The molecule has 0 unspecified atom stereocenters. The van der Waals surface area contributed by atoms with E-state index in [-0.39, 0.29) is 12.2 Å². The molecular weight excluding hydrogens is 271 g/mol. The summed E-state index contributed by atoms with van der Waals surface area (Å²) in [5, 5.41) is 2.55. The molecule has 4 nitrogen and oxygen atoms in total. The molecule has 0 atom stereocenters. The summed E-state index contributed by atoms with van der Waals surface area (Å²) in [7, 11) is 0. The van der Waals surface area contributed by atoms with Crippen LogP contribution in [0.25, 0.3) is 0 Å². The van der Waals surface area contributed by atoms with Crippen molar-refractivity contribution in [2.24, 2.45) is 0 Å². The number of rotatable bonds is 3. The Kier molecular flexibility index (Phi) is 3.97. The first-order valence-electron chi connectivity index (χ1n) is 5.67. The summed E-state index contributed by atoms with van der Waals surface area (Å²) < 4.78 is 37.1. The van der Waals surface area contributed by atoms with Gasteiger partial charge in [-0.15, -0.1) is 0 Å². The van der Waals surface area contributed by atoms with Crippen molar-refractivity contribution in [2.75, 3.05) is 0 Å². The van der Waals surface area contributed by atoms with Gasteiger partial charge >= 0.3 is 6.18 Å². The zero-order valence-corrected chi connectivity index (χ0v) is 10.2. The van der Waals surface area contributed by atoms with E-state index in [1.807, 2.05) is 0 Å². The van der Waals surface area contributed by atoms with Gasteiger partial charge in [-0.1, -0.05) is 12.1 Å². The second-order valence-electron chi connectivity index (χ2n) is 3.97. The van der Waals surface area contributed by atoms with Gasteiger partial charge in [-0.25, -0.2) is 4.98 Å². The van der Waals surface area contributed by atoms with Crippen molar-refractivity contribution in [3.8, 4) is 0 Å². The first-order valence-corrected chi connectivity index (χ1v) is 5.67. The maximum Gasteiger partial charge on any atom is 0.416 e. The Balaban J connectivity index is 1.96. The SMILES string of the molecule is O=C(NCc1ccc(C(F)(F)F)cc1)c1cnccn1. The number of carbonyl (C=O) groups excluding carboxylic acids is 1. The molecule has 0 aliphatic carbocycles. The summed E-state index contributed by atoms with van der Waals surface area (Å²) >= 11 is 0. The lowest BCUT2D eigenvalue weighted by Crippen LogP contribution is -2.23. The minimum absolute atomic E-state index is 0.119. The first-order chi connectivity index (χ1) is 9.47. The number of alkyl halides is 3. The summed E-state index contributed by atoms with van der Waals surface area (Å²) in [5.41, 5.74) is -0.00356. The fraction of sp³-hybridized carbons (Fsp3) is 0.154. The van der Waals surface area contributed by atoms with E-state index in [1.54, 1.807) is 0 Å². The molecule has 2 rings (SSSR count). The van der Waals surface area contributed by atoms with Gasteiger partial charge in [0.05, 0.1) is 11.8 Å². The Morgan fingerprint density at radius 2 is 1.85 bits per heavy atom. The van der Waals surface area contributed by atoms with Crippen LogP contribution in [0, 0.1) is 0 Å². The lowest BCUT2D eigenvalue weighted by atomic mass is 10.1. The molecular formula is C13H10F3N3O. The largest absolute Gasteiger partial charge is 0.416 e. The summed E-state index contributed by atoms with van der Waals surface area (Å²) in [5.74, 6) is -0.432. The predicted molar refractivity (Wildman–Crippen MR) is 64.6 cm³/mol. The van der Waals surface area contributed by atoms with E-state index in [9.17, 15) is 18.0 Å². The van der Waals surface area contributed by atoms with Crippen molar-refractivity contribution in [1.82, 2.24) is 15.3 Å². The Labute approximate surface area is 112 Å².